The molecule has 164 valence electrons. The van der Waals surface area contributed by atoms with Gasteiger partial charge >= 0.3 is 6.43 Å². The van der Waals surface area contributed by atoms with Gasteiger partial charge in [0.15, 0.2) is 0 Å². The molecule has 4 aromatic rings. The van der Waals surface area contributed by atoms with Crippen LogP contribution in [-0.4, -0.2) is 48.2 Å². The molecule has 0 spiro atoms. The molecule has 0 amide bonds. The molecule has 0 N–H and O–H groups in total. The lowest BCUT2D eigenvalue weighted by molar-refractivity contribution is 0.116. The fraction of sp³-hybridized carbons (Fsp3) is 0.286. The molecule has 0 saturated carbocycles. The molecule has 4 heterocycles. The van der Waals surface area contributed by atoms with Gasteiger partial charge in [0.2, 0.25) is 5.89 Å². The highest BCUT2D eigenvalue weighted by Gasteiger charge is 2.19. The number of hydrogen-bond donors (Lipinski definition) is 0. The Morgan fingerprint density at radius 1 is 1.06 bits per heavy atom. The summed E-state index contributed by atoms with van der Waals surface area (Å²) in [7, 11) is 0. The molecule has 1 aliphatic heterocycles. The Kier molecular flexibility index (Phi) is 5.62. The topological polar surface area (TPSA) is 85.8 Å². The van der Waals surface area contributed by atoms with Gasteiger partial charge in [-0.15, -0.1) is 15.3 Å². The zero-order chi connectivity index (χ0) is 22.1. The number of rotatable bonds is 7. The van der Waals surface area contributed by atoms with Crippen molar-refractivity contribution in [3.63, 3.8) is 0 Å². The third-order valence-corrected chi connectivity index (χ3v) is 5.71. The summed E-state index contributed by atoms with van der Waals surface area (Å²) in [5.41, 5.74) is 3.76. The molecule has 1 saturated heterocycles. The van der Waals surface area contributed by atoms with Crippen LogP contribution in [0.5, 0.6) is 0 Å². The molecule has 32 heavy (non-hydrogen) atoms. The number of hydrogen-bond acceptors (Lipinski definition) is 7. The van der Waals surface area contributed by atoms with Crippen LogP contribution in [0.25, 0.3) is 22.7 Å². The standard InChI is InChI=1S/C21H18ClF2N7O/c22-18-14(10-30-7-2-8-30)3-1-4-16(18)17-12-31(29-26-17)11-15-6-5-13(9-25-15)20-27-28-21(32-20)19(23)24/h1,3-6,9,12,19H,2,7-8,10-11H2. The SMILES string of the molecule is FC(F)c1nnc(-c2ccc(Cn3cc(-c4cccc(CN5CCC5)c4Cl)nn3)nc2)o1. The second-order valence-corrected chi connectivity index (χ2v) is 7.87. The Morgan fingerprint density at radius 2 is 1.94 bits per heavy atom. The normalized spacial score (nSPS) is 14.1. The molecule has 0 radical (unpaired) electrons. The van der Waals surface area contributed by atoms with E-state index in [2.05, 4.69) is 30.4 Å². The Balaban J connectivity index is 1.29. The summed E-state index contributed by atoms with van der Waals surface area (Å²) in [5.74, 6) is -0.720. The van der Waals surface area contributed by atoms with Gasteiger partial charge < -0.3 is 4.42 Å². The van der Waals surface area contributed by atoms with Gasteiger partial charge in [-0.25, -0.2) is 4.68 Å². The van der Waals surface area contributed by atoms with E-state index in [9.17, 15) is 8.78 Å². The van der Waals surface area contributed by atoms with Crippen molar-refractivity contribution in [2.75, 3.05) is 13.1 Å². The molecule has 0 atom stereocenters. The van der Waals surface area contributed by atoms with Crippen LogP contribution < -0.4 is 0 Å². The van der Waals surface area contributed by atoms with Gasteiger partial charge in [0, 0.05) is 18.3 Å². The molecule has 0 unspecified atom stereocenters. The first-order chi connectivity index (χ1) is 15.6. The maximum absolute atomic E-state index is 12.6. The lowest BCUT2D eigenvalue weighted by Crippen LogP contribution is -2.36. The van der Waals surface area contributed by atoms with Gasteiger partial charge in [0.05, 0.1) is 29.0 Å². The van der Waals surface area contributed by atoms with Crippen LogP contribution in [-0.2, 0) is 13.1 Å². The molecule has 0 aliphatic carbocycles. The van der Waals surface area contributed by atoms with Crippen LogP contribution in [0, 0.1) is 0 Å². The van der Waals surface area contributed by atoms with Crippen molar-refractivity contribution >= 4 is 11.6 Å². The van der Waals surface area contributed by atoms with Gasteiger partial charge in [-0.1, -0.05) is 35.0 Å². The Labute approximate surface area is 186 Å². The van der Waals surface area contributed by atoms with E-state index >= 15 is 0 Å². The first kappa shape index (κ1) is 20.7. The van der Waals surface area contributed by atoms with Crippen molar-refractivity contribution in [1.82, 2.24) is 35.1 Å². The van der Waals surface area contributed by atoms with Crippen LogP contribution in [0.3, 0.4) is 0 Å². The van der Waals surface area contributed by atoms with Crippen LogP contribution in [0.2, 0.25) is 5.02 Å². The van der Waals surface area contributed by atoms with Gasteiger partial charge in [0.25, 0.3) is 5.89 Å². The van der Waals surface area contributed by atoms with Gasteiger partial charge in [-0.3, -0.25) is 9.88 Å². The van der Waals surface area contributed by atoms with Crippen LogP contribution in [0.15, 0.2) is 47.1 Å². The summed E-state index contributed by atoms with van der Waals surface area (Å²) in [4.78, 5) is 6.68. The average molecular weight is 458 g/mol. The third kappa shape index (κ3) is 4.23. The summed E-state index contributed by atoms with van der Waals surface area (Å²) in [6, 6.07) is 9.37. The van der Waals surface area contributed by atoms with E-state index in [1.807, 2.05) is 24.4 Å². The quantitative estimate of drug-likeness (QED) is 0.410. The van der Waals surface area contributed by atoms with Crippen molar-refractivity contribution in [2.45, 2.75) is 25.9 Å². The molecular formula is C21H18ClF2N7O. The van der Waals surface area contributed by atoms with Crippen molar-refractivity contribution in [3.05, 3.63) is 64.9 Å². The minimum Gasteiger partial charge on any atom is -0.415 e. The van der Waals surface area contributed by atoms with Crippen molar-refractivity contribution in [1.29, 1.82) is 0 Å². The number of likely N-dealkylation sites (tertiary alicyclic amines) is 1. The first-order valence-electron chi connectivity index (χ1n) is 10.0. The van der Waals surface area contributed by atoms with E-state index in [-0.39, 0.29) is 5.89 Å². The van der Waals surface area contributed by atoms with E-state index in [1.54, 1.807) is 16.8 Å². The second kappa shape index (κ2) is 8.71. The van der Waals surface area contributed by atoms with Crippen LogP contribution >= 0.6 is 11.6 Å². The summed E-state index contributed by atoms with van der Waals surface area (Å²) in [6.07, 6.45) is 1.73. The molecular weight excluding hydrogens is 440 g/mol. The lowest BCUT2D eigenvalue weighted by atomic mass is 10.1. The summed E-state index contributed by atoms with van der Waals surface area (Å²) >= 11 is 6.65. The minimum absolute atomic E-state index is 0.00450. The average Bonchev–Trinajstić information content (AvgIpc) is 3.42. The number of alkyl halides is 2. The van der Waals surface area contributed by atoms with Gasteiger partial charge in [-0.05, 0) is 37.2 Å². The Morgan fingerprint density at radius 3 is 2.62 bits per heavy atom. The number of halogens is 3. The van der Waals surface area contributed by atoms with E-state index in [0.717, 1.165) is 30.8 Å². The summed E-state index contributed by atoms with van der Waals surface area (Å²) < 4.78 is 31.8. The number of pyridine rings is 1. The smallest absolute Gasteiger partial charge is 0.314 e. The zero-order valence-electron chi connectivity index (χ0n) is 16.8. The third-order valence-electron chi connectivity index (χ3n) is 5.26. The number of aromatic nitrogens is 6. The fourth-order valence-electron chi connectivity index (χ4n) is 3.43. The monoisotopic (exact) mass is 457 g/mol. The maximum Gasteiger partial charge on any atom is 0.314 e. The van der Waals surface area contributed by atoms with E-state index in [1.165, 1.54) is 12.6 Å². The molecule has 1 fully saturated rings. The second-order valence-electron chi connectivity index (χ2n) is 7.49. The molecule has 0 bridgehead atoms. The molecule has 5 rings (SSSR count). The summed E-state index contributed by atoms with van der Waals surface area (Å²) in [6.45, 7) is 3.41. The lowest BCUT2D eigenvalue weighted by Gasteiger charge is -2.31. The van der Waals surface area contributed by atoms with Crippen molar-refractivity contribution in [2.24, 2.45) is 0 Å². The van der Waals surface area contributed by atoms with Crippen molar-refractivity contribution in [3.8, 4) is 22.7 Å². The van der Waals surface area contributed by atoms with Crippen LogP contribution in [0.1, 0.15) is 30.0 Å². The predicted molar refractivity (Wildman–Crippen MR) is 112 cm³/mol. The highest BCUT2D eigenvalue weighted by Crippen LogP contribution is 2.31. The van der Waals surface area contributed by atoms with Crippen molar-refractivity contribution < 1.29 is 13.2 Å². The first-order valence-corrected chi connectivity index (χ1v) is 10.4. The Hall–Kier alpha value is -3.24. The molecule has 8 nitrogen and oxygen atoms in total. The van der Waals surface area contributed by atoms with E-state index in [0.29, 0.717) is 28.5 Å². The Bertz CT molecular complexity index is 1220. The fourth-order valence-corrected chi connectivity index (χ4v) is 3.71. The largest absolute Gasteiger partial charge is 0.415 e. The molecule has 1 aromatic carbocycles. The minimum atomic E-state index is -2.81. The summed E-state index contributed by atoms with van der Waals surface area (Å²) in [5, 5.41) is 16.1. The highest BCUT2D eigenvalue weighted by molar-refractivity contribution is 6.34. The maximum atomic E-state index is 12.6. The molecule has 1 aliphatic rings. The van der Waals surface area contributed by atoms with Crippen LogP contribution in [0.4, 0.5) is 8.78 Å². The molecule has 3 aromatic heterocycles. The van der Waals surface area contributed by atoms with Gasteiger partial charge in [0.1, 0.15) is 5.69 Å². The highest BCUT2D eigenvalue weighted by atomic mass is 35.5. The van der Waals surface area contributed by atoms with Gasteiger partial charge in [-0.2, -0.15) is 8.78 Å². The number of nitrogens with zero attached hydrogens (tertiary/aromatic N) is 7. The zero-order valence-corrected chi connectivity index (χ0v) is 17.6. The molecule has 11 heteroatoms. The predicted octanol–water partition coefficient (Wildman–Crippen LogP) is 4.24. The van der Waals surface area contributed by atoms with E-state index < -0.39 is 12.3 Å². The van der Waals surface area contributed by atoms with E-state index in [4.69, 9.17) is 16.0 Å². The number of benzene rings is 1.